The maximum Gasteiger partial charge on any atom is 0.257 e. The summed E-state index contributed by atoms with van der Waals surface area (Å²) in [4.78, 5) is 14.4. The minimum absolute atomic E-state index is 0.174. The fraction of sp³-hybridized carbons (Fsp3) is 0.533. The Balaban J connectivity index is 2.25. The van der Waals surface area contributed by atoms with Gasteiger partial charge in [-0.25, -0.2) is 4.39 Å². The SMILES string of the molecule is Cc1ccc(F)c(C(=O)N(CCBr)C2CCCC2)c1. The summed E-state index contributed by atoms with van der Waals surface area (Å²) in [6, 6.07) is 4.98. The third-order valence-electron chi connectivity index (χ3n) is 3.70. The number of hydrogen-bond acceptors (Lipinski definition) is 1. The first-order valence-electron chi connectivity index (χ1n) is 6.76. The number of benzene rings is 1. The van der Waals surface area contributed by atoms with Gasteiger partial charge in [-0.05, 0) is 31.9 Å². The summed E-state index contributed by atoms with van der Waals surface area (Å²) < 4.78 is 13.8. The standard InChI is InChI=1S/C15H19BrFNO/c1-11-6-7-14(17)13(10-11)15(19)18(9-8-16)12-4-2-3-5-12/h6-7,10,12H,2-5,8-9H2,1H3. The van der Waals surface area contributed by atoms with E-state index in [2.05, 4.69) is 15.9 Å². The molecule has 1 aromatic carbocycles. The quantitative estimate of drug-likeness (QED) is 0.768. The van der Waals surface area contributed by atoms with Crippen molar-refractivity contribution in [1.29, 1.82) is 0 Å². The molecule has 0 atom stereocenters. The van der Waals surface area contributed by atoms with Crippen LogP contribution in [0, 0.1) is 12.7 Å². The van der Waals surface area contributed by atoms with Gasteiger partial charge in [-0.2, -0.15) is 0 Å². The van der Waals surface area contributed by atoms with Crippen LogP contribution in [0.15, 0.2) is 18.2 Å². The molecule has 1 amide bonds. The molecule has 1 aliphatic carbocycles. The van der Waals surface area contributed by atoms with Crippen LogP contribution in [0.25, 0.3) is 0 Å². The van der Waals surface area contributed by atoms with Gasteiger partial charge in [0.25, 0.3) is 5.91 Å². The number of carbonyl (C=O) groups is 1. The molecule has 0 spiro atoms. The van der Waals surface area contributed by atoms with Gasteiger partial charge < -0.3 is 4.90 Å². The minimum Gasteiger partial charge on any atom is -0.335 e. The predicted molar refractivity (Wildman–Crippen MR) is 78.2 cm³/mol. The van der Waals surface area contributed by atoms with Crippen LogP contribution >= 0.6 is 15.9 Å². The zero-order valence-corrected chi connectivity index (χ0v) is 12.7. The smallest absolute Gasteiger partial charge is 0.257 e. The zero-order valence-electron chi connectivity index (χ0n) is 11.2. The lowest BCUT2D eigenvalue weighted by molar-refractivity contribution is 0.0691. The molecule has 0 saturated heterocycles. The van der Waals surface area contributed by atoms with E-state index in [4.69, 9.17) is 0 Å². The molecule has 1 aromatic rings. The van der Waals surface area contributed by atoms with Crippen LogP contribution in [0.5, 0.6) is 0 Å². The molecule has 2 rings (SSSR count). The van der Waals surface area contributed by atoms with E-state index in [1.165, 1.54) is 6.07 Å². The monoisotopic (exact) mass is 327 g/mol. The summed E-state index contributed by atoms with van der Waals surface area (Å²) in [7, 11) is 0. The molecule has 0 radical (unpaired) electrons. The average Bonchev–Trinajstić information content (AvgIpc) is 2.92. The molecule has 0 N–H and O–H groups in total. The number of nitrogens with zero attached hydrogens (tertiary/aromatic N) is 1. The fourth-order valence-corrected chi connectivity index (χ4v) is 3.10. The first-order valence-corrected chi connectivity index (χ1v) is 7.88. The van der Waals surface area contributed by atoms with E-state index >= 15 is 0 Å². The highest BCUT2D eigenvalue weighted by Gasteiger charge is 2.28. The molecule has 19 heavy (non-hydrogen) atoms. The van der Waals surface area contributed by atoms with Crippen molar-refractivity contribution in [2.45, 2.75) is 38.6 Å². The largest absolute Gasteiger partial charge is 0.335 e. The second-order valence-electron chi connectivity index (χ2n) is 5.11. The summed E-state index contributed by atoms with van der Waals surface area (Å²) in [5.41, 5.74) is 1.11. The van der Waals surface area contributed by atoms with Gasteiger partial charge in [-0.1, -0.05) is 40.4 Å². The molecule has 0 bridgehead atoms. The lowest BCUT2D eigenvalue weighted by Gasteiger charge is -2.28. The van der Waals surface area contributed by atoms with Gasteiger partial charge in [-0.3, -0.25) is 4.79 Å². The zero-order chi connectivity index (χ0) is 13.8. The van der Waals surface area contributed by atoms with E-state index in [-0.39, 0.29) is 17.5 Å². The lowest BCUT2D eigenvalue weighted by Crippen LogP contribution is -2.40. The molecule has 0 aliphatic heterocycles. The molecule has 1 saturated carbocycles. The molecule has 1 aliphatic rings. The van der Waals surface area contributed by atoms with Crippen LogP contribution in [0.1, 0.15) is 41.6 Å². The number of halogens is 2. The highest BCUT2D eigenvalue weighted by Crippen LogP contribution is 2.25. The summed E-state index contributed by atoms with van der Waals surface area (Å²) in [6.07, 6.45) is 4.39. The summed E-state index contributed by atoms with van der Waals surface area (Å²) >= 11 is 3.38. The highest BCUT2D eigenvalue weighted by atomic mass is 79.9. The normalized spacial score (nSPS) is 15.7. The van der Waals surface area contributed by atoms with Crippen molar-refractivity contribution >= 4 is 21.8 Å². The topological polar surface area (TPSA) is 20.3 Å². The molecule has 1 fully saturated rings. The third-order valence-corrected chi connectivity index (χ3v) is 4.06. The number of rotatable bonds is 4. The van der Waals surface area contributed by atoms with E-state index < -0.39 is 5.82 Å². The van der Waals surface area contributed by atoms with Gasteiger partial charge in [-0.15, -0.1) is 0 Å². The van der Waals surface area contributed by atoms with Crippen LogP contribution < -0.4 is 0 Å². The maximum atomic E-state index is 13.8. The molecule has 0 aromatic heterocycles. The van der Waals surface area contributed by atoms with Crippen LogP contribution in [-0.4, -0.2) is 28.7 Å². The first-order chi connectivity index (χ1) is 9.13. The minimum atomic E-state index is -0.423. The predicted octanol–water partition coefficient (Wildman–Crippen LogP) is 3.91. The number of alkyl halides is 1. The first kappa shape index (κ1) is 14.5. The second kappa shape index (κ2) is 6.51. The van der Waals surface area contributed by atoms with Crippen molar-refractivity contribution in [3.63, 3.8) is 0 Å². The summed E-state index contributed by atoms with van der Waals surface area (Å²) in [5, 5.41) is 0.725. The number of amides is 1. The van der Waals surface area contributed by atoms with Crippen LogP contribution in [0.2, 0.25) is 0 Å². The molecule has 0 unspecified atom stereocenters. The van der Waals surface area contributed by atoms with Crippen molar-refractivity contribution in [2.75, 3.05) is 11.9 Å². The number of carbonyl (C=O) groups excluding carboxylic acids is 1. The maximum absolute atomic E-state index is 13.8. The van der Waals surface area contributed by atoms with Gasteiger partial charge in [0, 0.05) is 17.9 Å². The number of aryl methyl sites for hydroxylation is 1. The third kappa shape index (κ3) is 3.35. The Morgan fingerprint density at radius 3 is 2.74 bits per heavy atom. The lowest BCUT2D eigenvalue weighted by atomic mass is 10.1. The van der Waals surface area contributed by atoms with Crippen molar-refractivity contribution in [3.8, 4) is 0 Å². The molecule has 4 heteroatoms. The Labute approximate surface area is 122 Å². The Morgan fingerprint density at radius 1 is 1.42 bits per heavy atom. The van der Waals surface area contributed by atoms with Crippen molar-refractivity contribution in [3.05, 3.63) is 35.1 Å². The Bertz CT molecular complexity index is 457. The van der Waals surface area contributed by atoms with Gasteiger partial charge in [0.15, 0.2) is 0 Å². The van der Waals surface area contributed by atoms with E-state index in [9.17, 15) is 9.18 Å². The van der Waals surface area contributed by atoms with Crippen molar-refractivity contribution in [2.24, 2.45) is 0 Å². The summed E-state index contributed by atoms with van der Waals surface area (Å²) in [6.45, 7) is 2.51. The van der Waals surface area contributed by atoms with Crippen molar-refractivity contribution in [1.82, 2.24) is 4.90 Å². The van der Waals surface area contributed by atoms with Gasteiger partial charge in [0.05, 0.1) is 5.56 Å². The Morgan fingerprint density at radius 2 is 2.11 bits per heavy atom. The van der Waals surface area contributed by atoms with Crippen molar-refractivity contribution < 1.29 is 9.18 Å². The van der Waals surface area contributed by atoms with E-state index in [1.807, 2.05) is 11.8 Å². The van der Waals surface area contributed by atoms with E-state index in [0.717, 1.165) is 36.6 Å². The van der Waals surface area contributed by atoms with E-state index in [0.29, 0.717) is 6.54 Å². The van der Waals surface area contributed by atoms with E-state index in [1.54, 1.807) is 12.1 Å². The fourth-order valence-electron chi connectivity index (χ4n) is 2.71. The Kier molecular flexibility index (Phi) is 4.97. The molecule has 104 valence electrons. The number of hydrogen-bond donors (Lipinski definition) is 0. The van der Waals surface area contributed by atoms with Crippen LogP contribution in [0.3, 0.4) is 0 Å². The highest BCUT2D eigenvalue weighted by molar-refractivity contribution is 9.09. The van der Waals surface area contributed by atoms with Gasteiger partial charge >= 0.3 is 0 Å². The molecular weight excluding hydrogens is 309 g/mol. The second-order valence-corrected chi connectivity index (χ2v) is 5.90. The van der Waals surface area contributed by atoms with Gasteiger partial charge in [0.2, 0.25) is 0 Å². The average molecular weight is 328 g/mol. The molecule has 2 nitrogen and oxygen atoms in total. The van der Waals surface area contributed by atoms with Gasteiger partial charge in [0.1, 0.15) is 5.82 Å². The summed E-state index contributed by atoms with van der Waals surface area (Å²) in [5.74, 6) is -0.597. The van der Waals surface area contributed by atoms with Crippen LogP contribution in [-0.2, 0) is 0 Å². The van der Waals surface area contributed by atoms with Crippen LogP contribution in [0.4, 0.5) is 4.39 Å². The Hall–Kier alpha value is -0.900. The molecular formula is C15H19BrFNO. The molecule has 0 heterocycles.